The van der Waals surface area contributed by atoms with Crippen molar-refractivity contribution in [1.29, 1.82) is 0 Å². The van der Waals surface area contributed by atoms with E-state index >= 15 is 0 Å². The van der Waals surface area contributed by atoms with Gasteiger partial charge < -0.3 is 15.3 Å². The van der Waals surface area contributed by atoms with Gasteiger partial charge in [-0.05, 0) is 55.0 Å². The molecule has 0 spiro atoms. The second-order valence-corrected chi connectivity index (χ2v) is 8.65. The number of rotatable bonds is 5. The Morgan fingerprint density at radius 3 is 2.74 bits per heavy atom. The quantitative estimate of drug-likeness (QED) is 0.571. The monoisotopic (exact) mass is 424 g/mol. The van der Waals surface area contributed by atoms with Gasteiger partial charge in [-0.1, -0.05) is 36.4 Å². The molecule has 4 rings (SSSR count). The molecule has 2 aromatic carbocycles. The normalized spacial score (nSPS) is 22.3. The maximum Gasteiger partial charge on any atom is 0.193 e. The van der Waals surface area contributed by atoms with Gasteiger partial charge in [-0.3, -0.25) is 9.89 Å². The molecule has 0 saturated carbocycles. The van der Waals surface area contributed by atoms with Gasteiger partial charge in [0.1, 0.15) is 5.82 Å². The van der Waals surface area contributed by atoms with Crippen molar-refractivity contribution in [1.82, 2.24) is 15.1 Å². The van der Waals surface area contributed by atoms with E-state index in [9.17, 15) is 9.50 Å². The van der Waals surface area contributed by atoms with Crippen molar-refractivity contribution >= 4 is 5.96 Å². The molecule has 5 nitrogen and oxygen atoms in total. The van der Waals surface area contributed by atoms with Crippen molar-refractivity contribution in [2.75, 3.05) is 26.7 Å². The second kappa shape index (κ2) is 10.2. The molecule has 2 unspecified atom stereocenters. The number of benzene rings is 2. The zero-order valence-electron chi connectivity index (χ0n) is 18.3. The molecular formula is C25H33FN4O. The third-order valence-corrected chi connectivity index (χ3v) is 6.65. The maximum absolute atomic E-state index is 13.6. The third-order valence-electron chi connectivity index (χ3n) is 6.65. The van der Waals surface area contributed by atoms with Crippen molar-refractivity contribution in [3.63, 3.8) is 0 Å². The Kier molecular flexibility index (Phi) is 7.20. The number of aliphatic hydroxyl groups is 1. The molecule has 166 valence electrons. The summed E-state index contributed by atoms with van der Waals surface area (Å²) in [4.78, 5) is 9.54. The summed E-state index contributed by atoms with van der Waals surface area (Å²) in [7, 11) is 1.82. The summed E-state index contributed by atoms with van der Waals surface area (Å²) in [6.07, 6.45) is 3.65. The number of fused-ring (bicyclic) bond motifs is 1. The van der Waals surface area contributed by atoms with Gasteiger partial charge in [0.2, 0.25) is 0 Å². The average molecular weight is 425 g/mol. The summed E-state index contributed by atoms with van der Waals surface area (Å²) in [6, 6.07) is 16.3. The van der Waals surface area contributed by atoms with E-state index < -0.39 is 0 Å². The summed E-state index contributed by atoms with van der Waals surface area (Å²) < 4.78 is 13.6. The molecular weight excluding hydrogens is 391 g/mol. The summed E-state index contributed by atoms with van der Waals surface area (Å²) in [5, 5.41) is 12.7. The largest absolute Gasteiger partial charge is 0.392 e. The molecule has 31 heavy (non-hydrogen) atoms. The summed E-state index contributed by atoms with van der Waals surface area (Å²) >= 11 is 0. The minimum Gasteiger partial charge on any atom is -0.392 e. The number of nitrogens with one attached hydrogen (secondary N) is 1. The molecule has 2 aliphatic rings. The lowest BCUT2D eigenvalue weighted by molar-refractivity contribution is 0.0372. The number of piperidine rings is 2. The Bertz CT molecular complexity index is 888. The topological polar surface area (TPSA) is 51.1 Å². The Balaban J connectivity index is 1.35. The first kappa shape index (κ1) is 21.8. The fraction of sp³-hybridized carbons (Fsp3) is 0.480. The number of likely N-dealkylation sites (tertiary alicyclic amines) is 2. The van der Waals surface area contributed by atoms with Crippen LogP contribution in [0.15, 0.2) is 53.5 Å². The lowest BCUT2D eigenvalue weighted by atomic mass is 9.83. The van der Waals surface area contributed by atoms with Gasteiger partial charge in [0, 0.05) is 44.8 Å². The minimum absolute atomic E-state index is 0.289. The fourth-order valence-corrected chi connectivity index (χ4v) is 5.09. The van der Waals surface area contributed by atoms with E-state index in [0.29, 0.717) is 24.1 Å². The molecule has 2 saturated heterocycles. The Morgan fingerprint density at radius 1 is 1.13 bits per heavy atom. The number of nitrogens with zero attached hydrogens (tertiary/aromatic N) is 3. The van der Waals surface area contributed by atoms with E-state index in [0.717, 1.165) is 37.6 Å². The number of hydrogen-bond donors (Lipinski definition) is 2. The van der Waals surface area contributed by atoms with Gasteiger partial charge in [-0.25, -0.2) is 4.39 Å². The highest BCUT2D eigenvalue weighted by atomic mass is 19.1. The Hall–Kier alpha value is -2.44. The number of halogens is 1. The zero-order chi connectivity index (χ0) is 21.6. The van der Waals surface area contributed by atoms with E-state index in [1.165, 1.54) is 31.0 Å². The molecule has 0 bridgehead atoms. The lowest BCUT2D eigenvalue weighted by Crippen LogP contribution is -2.56. The molecule has 0 amide bonds. The number of aliphatic hydroxyl groups excluding tert-OH is 1. The Labute approximate surface area is 184 Å². The highest BCUT2D eigenvalue weighted by Gasteiger charge is 2.36. The summed E-state index contributed by atoms with van der Waals surface area (Å²) in [5.41, 5.74) is 2.66. The Morgan fingerprint density at radius 2 is 1.97 bits per heavy atom. The molecule has 2 aromatic rings. The fourth-order valence-electron chi connectivity index (χ4n) is 5.09. The standard InChI is InChI=1S/C25H33FN4O/c1-27-25(28-15-20-9-10-23(26)22(14-20)18-31)30-13-11-24-21(17-30)8-5-12-29(24)16-19-6-3-2-4-7-19/h2-4,6-7,9-10,14,21,24,31H,5,8,11-13,15-18H2,1H3,(H,27,28). The number of aliphatic imine (C=N–C) groups is 1. The molecule has 2 fully saturated rings. The van der Waals surface area contributed by atoms with Crippen LogP contribution in [-0.4, -0.2) is 53.6 Å². The molecule has 2 aliphatic heterocycles. The van der Waals surface area contributed by atoms with Crippen molar-refractivity contribution in [2.24, 2.45) is 10.9 Å². The van der Waals surface area contributed by atoms with Crippen LogP contribution in [0.5, 0.6) is 0 Å². The van der Waals surface area contributed by atoms with Gasteiger partial charge in [-0.15, -0.1) is 0 Å². The molecule has 6 heteroatoms. The maximum atomic E-state index is 13.6. The molecule has 0 aliphatic carbocycles. The molecule has 2 heterocycles. The van der Waals surface area contributed by atoms with Crippen LogP contribution in [0.1, 0.15) is 36.0 Å². The zero-order valence-corrected chi connectivity index (χ0v) is 18.3. The smallest absolute Gasteiger partial charge is 0.193 e. The van der Waals surface area contributed by atoms with Crippen LogP contribution in [0.25, 0.3) is 0 Å². The van der Waals surface area contributed by atoms with E-state index in [1.807, 2.05) is 7.05 Å². The average Bonchev–Trinajstić information content (AvgIpc) is 2.81. The predicted molar refractivity (Wildman–Crippen MR) is 122 cm³/mol. The van der Waals surface area contributed by atoms with E-state index in [-0.39, 0.29) is 12.4 Å². The summed E-state index contributed by atoms with van der Waals surface area (Å²) in [5.74, 6) is 1.18. The SMILES string of the molecule is CN=C(NCc1ccc(F)c(CO)c1)N1CCC2C(CCCN2Cc2ccccc2)C1. The number of guanidine groups is 1. The van der Waals surface area contributed by atoms with Gasteiger partial charge in [-0.2, -0.15) is 0 Å². The lowest BCUT2D eigenvalue weighted by Gasteiger charge is -2.48. The second-order valence-electron chi connectivity index (χ2n) is 8.65. The minimum atomic E-state index is -0.366. The van der Waals surface area contributed by atoms with Gasteiger partial charge >= 0.3 is 0 Å². The van der Waals surface area contributed by atoms with Crippen LogP contribution in [-0.2, 0) is 19.7 Å². The van der Waals surface area contributed by atoms with E-state index in [1.54, 1.807) is 12.1 Å². The van der Waals surface area contributed by atoms with Crippen LogP contribution >= 0.6 is 0 Å². The highest BCUT2D eigenvalue weighted by molar-refractivity contribution is 5.80. The van der Waals surface area contributed by atoms with E-state index in [4.69, 9.17) is 0 Å². The molecule has 2 N–H and O–H groups in total. The van der Waals surface area contributed by atoms with Gasteiger partial charge in [0.05, 0.1) is 6.61 Å². The molecule has 0 radical (unpaired) electrons. The van der Waals surface area contributed by atoms with Crippen LogP contribution in [0, 0.1) is 11.7 Å². The predicted octanol–water partition coefficient (Wildman–Crippen LogP) is 3.38. The van der Waals surface area contributed by atoms with Gasteiger partial charge in [0.25, 0.3) is 0 Å². The van der Waals surface area contributed by atoms with Crippen molar-refractivity contribution < 1.29 is 9.50 Å². The highest BCUT2D eigenvalue weighted by Crippen LogP contribution is 2.31. The molecule has 2 atom stereocenters. The van der Waals surface area contributed by atoms with Gasteiger partial charge in [0.15, 0.2) is 5.96 Å². The van der Waals surface area contributed by atoms with E-state index in [2.05, 4.69) is 50.4 Å². The summed E-state index contributed by atoms with van der Waals surface area (Å²) in [6.45, 7) is 4.49. The van der Waals surface area contributed by atoms with Crippen molar-refractivity contribution in [3.8, 4) is 0 Å². The van der Waals surface area contributed by atoms with Crippen LogP contribution in [0.4, 0.5) is 4.39 Å². The van der Waals surface area contributed by atoms with Crippen molar-refractivity contribution in [3.05, 3.63) is 71.0 Å². The van der Waals surface area contributed by atoms with Crippen LogP contribution in [0.3, 0.4) is 0 Å². The first-order chi connectivity index (χ1) is 15.2. The van der Waals surface area contributed by atoms with Crippen LogP contribution in [0.2, 0.25) is 0 Å². The van der Waals surface area contributed by atoms with Crippen LogP contribution < -0.4 is 5.32 Å². The third kappa shape index (κ3) is 5.25. The first-order valence-corrected chi connectivity index (χ1v) is 11.3. The number of hydrogen-bond acceptors (Lipinski definition) is 3. The van der Waals surface area contributed by atoms with Crippen molar-refractivity contribution in [2.45, 2.75) is 45.0 Å². The molecule has 0 aromatic heterocycles. The first-order valence-electron chi connectivity index (χ1n) is 11.3.